The number of fused-ring (bicyclic) bond motifs is 3. The van der Waals surface area contributed by atoms with E-state index in [0.29, 0.717) is 6.07 Å². The highest BCUT2D eigenvalue weighted by molar-refractivity contribution is 6.15. The summed E-state index contributed by atoms with van der Waals surface area (Å²) in [7, 11) is 0. The van der Waals surface area contributed by atoms with Crippen LogP contribution in [-0.2, 0) is 10.8 Å². The van der Waals surface area contributed by atoms with Crippen molar-refractivity contribution in [2.75, 3.05) is 0 Å². The number of pyridine rings is 1. The summed E-state index contributed by atoms with van der Waals surface area (Å²) >= 11 is 0. The number of imidazole rings is 1. The van der Waals surface area contributed by atoms with Crippen LogP contribution < -0.4 is 0 Å². The molecule has 42 heavy (non-hydrogen) atoms. The monoisotopic (exact) mass is 606 g/mol. The highest BCUT2D eigenvalue weighted by Crippen LogP contribution is 2.74. The molecular weight excluding hydrogens is 592 g/mol. The summed E-state index contributed by atoms with van der Waals surface area (Å²) in [5.74, 6) is 0. The van der Waals surface area contributed by atoms with Crippen LogP contribution in [0.25, 0.3) is 38.6 Å². The third-order valence-electron chi connectivity index (χ3n) is 7.99. The molecule has 0 bridgehead atoms. The van der Waals surface area contributed by atoms with Crippen molar-refractivity contribution >= 4 is 27.3 Å². The molecule has 2 aromatic heterocycles. The summed E-state index contributed by atoms with van der Waals surface area (Å²) in [5.41, 5.74) is -21.2. The Balaban J connectivity index is 2.13. The maximum Gasteiger partial charge on any atom is 0.410 e. The highest BCUT2D eigenvalue weighted by Gasteiger charge is 2.96. The Morgan fingerprint density at radius 3 is 1.62 bits per heavy atom. The maximum atomic E-state index is 15.3. The maximum absolute atomic E-state index is 15.3. The Hall–Kier alpha value is -3.97. The SMILES string of the molecule is Cc1ccc2c3c1c1ccccc1c1nc(-c4ccccc4)c(n13)C(C(F)(F)F)(C(F)(F)F)C2(C(F)(F)F)C(F)(F)F. The van der Waals surface area contributed by atoms with E-state index in [2.05, 4.69) is 4.98 Å². The first-order valence-electron chi connectivity index (χ1n) is 12.0. The zero-order valence-electron chi connectivity index (χ0n) is 20.8. The van der Waals surface area contributed by atoms with Gasteiger partial charge in [0.05, 0.1) is 16.9 Å². The number of alkyl halides is 12. The summed E-state index contributed by atoms with van der Waals surface area (Å²) < 4.78 is 183. The molecule has 0 unspecified atom stereocenters. The van der Waals surface area contributed by atoms with Gasteiger partial charge in [-0.05, 0) is 17.9 Å². The van der Waals surface area contributed by atoms with Crippen LogP contribution in [0.4, 0.5) is 52.7 Å². The summed E-state index contributed by atoms with van der Waals surface area (Å²) in [5, 5.41) is -0.441. The number of halogens is 12. The van der Waals surface area contributed by atoms with Gasteiger partial charge in [-0.15, -0.1) is 0 Å². The number of hydrogen-bond acceptors (Lipinski definition) is 1. The molecule has 0 N–H and O–H groups in total. The van der Waals surface area contributed by atoms with E-state index in [1.807, 2.05) is 0 Å². The topological polar surface area (TPSA) is 17.3 Å². The molecule has 1 aliphatic rings. The van der Waals surface area contributed by atoms with Crippen molar-refractivity contribution in [1.82, 2.24) is 9.38 Å². The second kappa shape index (κ2) is 8.10. The first kappa shape index (κ1) is 28.2. The van der Waals surface area contributed by atoms with Gasteiger partial charge in [0.2, 0.25) is 10.8 Å². The van der Waals surface area contributed by atoms with Crippen LogP contribution in [0.3, 0.4) is 0 Å². The minimum atomic E-state index is -7.20. The zero-order valence-corrected chi connectivity index (χ0v) is 20.8. The molecule has 0 saturated heterocycles. The van der Waals surface area contributed by atoms with Crippen molar-refractivity contribution in [3.05, 3.63) is 83.6 Å². The molecule has 0 atom stereocenters. The average Bonchev–Trinajstić information content (AvgIpc) is 3.27. The van der Waals surface area contributed by atoms with E-state index < -0.39 is 69.2 Å². The fourth-order valence-corrected chi connectivity index (χ4v) is 6.55. The third-order valence-corrected chi connectivity index (χ3v) is 7.99. The van der Waals surface area contributed by atoms with Gasteiger partial charge in [0.1, 0.15) is 5.65 Å². The molecule has 14 heteroatoms. The van der Waals surface area contributed by atoms with E-state index >= 15 is 52.7 Å². The molecule has 0 saturated carbocycles. The van der Waals surface area contributed by atoms with E-state index in [1.165, 1.54) is 37.3 Å². The molecule has 5 aromatic rings. The predicted octanol–water partition coefficient (Wildman–Crippen LogP) is 9.35. The summed E-state index contributed by atoms with van der Waals surface area (Å²) in [6.45, 7) is 1.28. The molecule has 0 aliphatic carbocycles. The number of benzene rings is 3. The van der Waals surface area contributed by atoms with Crippen molar-refractivity contribution in [2.45, 2.75) is 42.5 Å². The van der Waals surface area contributed by atoms with Gasteiger partial charge in [0.25, 0.3) is 0 Å². The Morgan fingerprint density at radius 2 is 1.10 bits per heavy atom. The summed E-state index contributed by atoms with van der Waals surface area (Å²) in [6, 6.07) is 11.6. The molecular formula is C28H14F12N2. The minimum absolute atomic E-state index is 0.000257. The van der Waals surface area contributed by atoms with Gasteiger partial charge < -0.3 is 0 Å². The summed E-state index contributed by atoms with van der Waals surface area (Å²) in [4.78, 5) is 3.98. The van der Waals surface area contributed by atoms with Gasteiger partial charge in [-0.25, -0.2) is 4.98 Å². The first-order chi connectivity index (χ1) is 19.3. The molecule has 220 valence electrons. The Kier molecular flexibility index (Phi) is 5.43. The van der Waals surface area contributed by atoms with Crippen LogP contribution in [0, 0.1) is 6.92 Å². The molecule has 3 aromatic carbocycles. The lowest BCUT2D eigenvalue weighted by Gasteiger charge is -2.54. The van der Waals surface area contributed by atoms with E-state index in [1.54, 1.807) is 0 Å². The predicted molar refractivity (Wildman–Crippen MR) is 128 cm³/mol. The average molecular weight is 606 g/mol. The molecule has 0 spiro atoms. The number of nitrogens with zero attached hydrogens (tertiary/aromatic N) is 2. The van der Waals surface area contributed by atoms with Gasteiger partial charge in [0.15, 0.2) is 0 Å². The van der Waals surface area contributed by atoms with Crippen LogP contribution in [0.2, 0.25) is 0 Å². The van der Waals surface area contributed by atoms with E-state index in [4.69, 9.17) is 0 Å². The first-order valence-corrected chi connectivity index (χ1v) is 12.0. The summed E-state index contributed by atoms with van der Waals surface area (Å²) in [6.07, 6.45) is -28.7. The number of hydrogen-bond donors (Lipinski definition) is 0. The van der Waals surface area contributed by atoms with E-state index in [-0.39, 0.29) is 32.2 Å². The molecule has 0 fully saturated rings. The second-order valence-corrected chi connectivity index (χ2v) is 10.0. The van der Waals surface area contributed by atoms with Gasteiger partial charge in [-0.3, -0.25) is 4.40 Å². The molecule has 3 heterocycles. The number of rotatable bonds is 1. The zero-order chi connectivity index (χ0) is 30.8. The third kappa shape index (κ3) is 3.02. The largest absolute Gasteiger partial charge is 0.410 e. The second-order valence-electron chi connectivity index (χ2n) is 10.0. The fraction of sp³-hybridized carbons (Fsp3) is 0.250. The highest BCUT2D eigenvalue weighted by atomic mass is 19.4. The fourth-order valence-electron chi connectivity index (χ4n) is 6.55. The van der Waals surface area contributed by atoms with Crippen LogP contribution in [0.15, 0.2) is 66.7 Å². The standard InChI is InChI=1S/C28H14F12N2/c1-13-11-12-17-20-18(13)15-9-5-6-10-16(15)22-41-19(14-7-3-2-4-8-14)21(42(20)22)24(27(35,36)37,28(38,39)40)23(17,25(29,30)31)26(32,33)34/h2-12H,1H3. The number of aromatic nitrogens is 2. The molecule has 6 rings (SSSR count). The van der Waals surface area contributed by atoms with E-state index in [0.717, 1.165) is 24.3 Å². The lowest BCUT2D eigenvalue weighted by atomic mass is 9.53. The van der Waals surface area contributed by atoms with Crippen molar-refractivity contribution in [2.24, 2.45) is 0 Å². The van der Waals surface area contributed by atoms with Crippen molar-refractivity contribution in [3.8, 4) is 11.3 Å². The van der Waals surface area contributed by atoms with Crippen molar-refractivity contribution < 1.29 is 52.7 Å². The van der Waals surface area contributed by atoms with Crippen LogP contribution >= 0.6 is 0 Å². The lowest BCUT2D eigenvalue weighted by molar-refractivity contribution is -0.413. The molecule has 1 aliphatic heterocycles. The Bertz CT molecular complexity index is 1860. The van der Waals surface area contributed by atoms with Crippen LogP contribution in [-0.4, -0.2) is 34.1 Å². The van der Waals surface area contributed by atoms with Gasteiger partial charge in [-0.1, -0.05) is 66.7 Å². The molecule has 2 nitrogen and oxygen atoms in total. The van der Waals surface area contributed by atoms with Crippen LogP contribution in [0.5, 0.6) is 0 Å². The quantitative estimate of drug-likeness (QED) is 0.137. The number of aryl methyl sites for hydroxylation is 1. The smallest absolute Gasteiger partial charge is 0.294 e. The molecule has 0 radical (unpaired) electrons. The Labute approximate surface area is 227 Å². The van der Waals surface area contributed by atoms with Crippen molar-refractivity contribution in [1.29, 1.82) is 0 Å². The van der Waals surface area contributed by atoms with Gasteiger partial charge in [0, 0.05) is 21.9 Å². The van der Waals surface area contributed by atoms with Crippen LogP contribution in [0.1, 0.15) is 16.8 Å². The van der Waals surface area contributed by atoms with E-state index in [9.17, 15) is 0 Å². The minimum Gasteiger partial charge on any atom is -0.294 e. The molecule has 0 amide bonds. The normalized spacial score (nSPS) is 17.1. The Morgan fingerprint density at radius 1 is 0.595 bits per heavy atom. The van der Waals surface area contributed by atoms with Gasteiger partial charge >= 0.3 is 24.7 Å². The lowest BCUT2D eigenvalue weighted by Crippen LogP contribution is -2.77. The van der Waals surface area contributed by atoms with Crippen molar-refractivity contribution in [3.63, 3.8) is 0 Å². The van der Waals surface area contributed by atoms with Gasteiger partial charge in [-0.2, -0.15) is 52.7 Å².